The van der Waals surface area contributed by atoms with Gasteiger partial charge in [0.15, 0.2) is 0 Å². The largest absolute Gasteiger partial charge is 0.352 e. The molecule has 246 valence electrons. The molecule has 1 aliphatic carbocycles. The summed E-state index contributed by atoms with van der Waals surface area (Å²) < 4.78 is 43.3. The van der Waals surface area contributed by atoms with Gasteiger partial charge in [0.25, 0.3) is 10.0 Å². The molecule has 11 heteroatoms. The van der Waals surface area contributed by atoms with Crippen molar-refractivity contribution in [3.63, 3.8) is 0 Å². The first kappa shape index (κ1) is 34.4. The summed E-state index contributed by atoms with van der Waals surface area (Å²) in [5, 5.41) is 3.43. The Morgan fingerprint density at radius 3 is 2.21 bits per heavy atom. The van der Waals surface area contributed by atoms with E-state index in [4.69, 9.17) is 23.2 Å². The maximum atomic E-state index is 14.6. The molecule has 1 unspecified atom stereocenters. The molecule has 7 nitrogen and oxygen atoms in total. The molecule has 0 spiro atoms. The molecule has 2 amide bonds. The average molecular weight is 697 g/mol. The highest BCUT2D eigenvalue weighted by molar-refractivity contribution is 7.92. The van der Waals surface area contributed by atoms with Crippen molar-refractivity contribution in [2.24, 2.45) is 0 Å². The molecule has 0 aliphatic heterocycles. The topological polar surface area (TPSA) is 86.8 Å². The van der Waals surface area contributed by atoms with Gasteiger partial charge in [-0.15, -0.1) is 0 Å². The lowest BCUT2D eigenvalue weighted by Gasteiger charge is -2.34. The minimum atomic E-state index is -4.35. The van der Waals surface area contributed by atoms with Crippen LogP contribution in [0.3, 0.4) is 0 Å². The van der Waals surface area contributed by atoms with E-state index >= 15 is 0 Å². The highest BCUT2D eigenvalue weighted by Gasteiger charge is 2.36. The monoisotopic (exact) mass is 695 g/mol. The molecule has 0 saturated heterocycles. The van der Waals surface area contributed by atoms with Gasteiger partial charge in [0.2, 0.25) is 11.8 Å². The van der Waals surface area contributed by atoms with Crippen molar-refractivity contribution in [1.82, 2.24) is 10.2 Å². The van der Waals surface area contributed by atoms with Gasteiger partial charge in [0.1, 0.15) is 18.4 Å². The van der Waals surface area contributed by atoms with Gasteiger partial charge in [-0.05, 0) is 73.4 Å². The fourth-order valence-electron chi connectivity index (χ4n) is 5.74. The number of amides is 2. The van der Waals surface area contributed by atoms with Gasteiger partial charge in [-0.2, -0.15) is 0 Å². The number of hydrogen-bond donors (Lipinski definition) is 1. The SMILES string of the molecule is Cc1ccc(S(=O)(=O)N(CC(=O)N(Cc2ccc(F)cc2)C(Cc2ccccc2)C(=O)NC2CCCC2)c2cc(Cl)ccc2Cl)cc1. The van der Waals surface area contributed by atoms with Gasteiger partial charge in [-0.25, -0.2) is 12.8 Å². The van der Waals surface area contributed by atoms with Gasteiger partial charge in [-0.3, -0.25) is 13.9 Å². The number of sulfonamides is 1. The Morgan fingerprint density at radius 2 is 1.55 bits per heavy atom. The van der Waals surface area contributed by atoms with E-state index in [-0.39, 0.29) is 45.5 Å². The highest BCUT2D eigenvalue weighted by atomic mass is 35.5. The summed E-state index contributed by atoms with van der Waals surface area (Å²) in [5.41, 5.74) is 2.26. The quantitative estimate of drug-likeness (QED) is 0.168. The molecule has 4 aromatic rings. The average Bonchev–Trinajstić information content (AvgIpc) is 3.57. The normalized spacial score (nSPS) is 14.0. The van der Waals surface area contributed by atoms with Crippen LogP contribution >= 0.6 is 23.2 Å². The summed E-state index contributed by atoms with van der Waals surface area (Å²) in [6, 6.07) is 24.6. The number of rotatable bonds is 12. The van der Waals surface area contributed by atoms with Crippen LogP contribution in [0, 0.1) is 12.7 Å². The number of nitrogens with one attached hydrogen (secondary N) is 1. The van der Waals surface area contributed by atoms with Gasteiger partial charge in [0, 0.05) is 24.0 Å². The van der Waals surface area contributed by atoms with Crippen LogP contribution in [-0.4, -0.2) is 43.8 Å². The Labute approximate surface area is 285 Å². The Bertz CT molecular complexity index is 1800. The summed E-state index contributed by atoms with van der Waals surface area (Å²) in [6.07, 6.45) is 3.85. The Hall–Kier alpha value is -3.92. The smallest absolute Gasteiger partial charge is 0.264 e. The second-order valence-electron chi connectivity index (χ2n) is 11.8. The zero-order valence-electron chi connectivity index (χ0n) is 25.9. The van der Waals surface area contributed by atoms with Crippen molar-refractivity contribution in [1.29, 1.82) is 0 Å². The molecule has 1 fully saturated rings. The van der Waals surface area contributed by atoms with E-state index in [0.717, 1.165) is 41.1 Å². The summed E-state index contributed by atoms with van der Waals surface area (Å²) in [5.74, 6) is -1.44. The molecule has 47 heavy (non-hydrogen) atoms. The molecule has 1 saturated carbocycles. The van der Waals surface area contributed by atoms with E-state index in [2.05, 4.69) is 5.32 Å². The van der Waals surface area contributed by atoms with Crippen LogP contribution in [0.4, 0.5) is 10.1 Å². The second kappa shape index (κ2) is 15.3. The lowest BCUT2D eigenvalue weighted by molar-refractivity contribution is -0.140. The van der Waals surface area contributed by atoms with E-state index in [1.807, 2.05) is 37.3 Å². The maximum absolute atomic E-state index is 14.6. The molecule has 0 heterocycles. The number of carbonyl (C=O) groups excluding carboxylic acids is 2. The molecule has 4 aromatic carbocycles. The molecule has 0 aromatic heterocycles. The van der Waals surface area contributed by atoms with Crippen molar-refractivity contribution in [3.8, 4) is 0 Å². The van der Waals surface area contributed by atoms with E-state index in [0.29, 0.717) is 5.56 Å². The van der Waals surface area contributed by atoms with E-state index < -0.39 is 34.3 Å². The minimum absolute atomic E-state index is 0.0184. The van der Waals surface area contributed by atoms with E-state index in [9.17, 15) is 22.4 Å². The Kier molecular flexibility index (Phi) is 11.2. The lowest BCUT2D eigenvalue weighted by atomic mass is 10.0. The van der Waals surface area contributed by atoms with E-state index in [1.54, 1.807) is 24.3 Å². The summed E-state index contributed by atoms with van der Waals surface area (Å²) in [6.45, 7) is 1.08. The Morgan fingerprint density at radius 1 is 0.894 bits per heavy atom. The number of halogens is 3. The van der Waals surface area contributed by atoms with E-state index in [1.165, 1.54) is 47.4 Å². The zero-order valence-corrected chi connectivity index (χ0v) is 28.2. The number of nitrogens with zero attached hydrogens (tertiary/aromatic N) is 2. The number of anilines is 1. The maximum Gasteiger partial charge on any atom is 0.264 e. The van der Waals surface area contributed by atoms with Crippen LogP contribution in [0.2, 0.25) is 10.0 Å². The molecule has 0 bridgehead atoms. The number of carbonyl (C=O) groups is 2. The van der Waals surface area contributed by atoms with Crippen molar-refractivity contribution >= 4 is 50.7 Å². The van der Waals surface area contributed by atoms with Crippen molar-refractivity contribution < 1.29 is 22.4 Å². The first-order valence-corrected chi connectivity index (χ1v) is 17.6. The molecule has 1 N–H and O–H groups in total. The molecular formula is C36H36Cl2FN3O4S. The molecule has 1 aliphatic rings. The predicted molar refractivity (Wildman–Crippen MR) is 183 cm³/mol. The number of benzene rings is 4. The zero-order chi connectivity index (χ0) is 33.6. The van der Waals surface area contributed by atoms with Crippen molar-refractivity contribution in [2.45, 2.75) is 62.6 Å². The number of aryl methyl sites for hydroxylation is 1. The molecule has 0 radical (unpaired) electrons. The van der Waals surface area contributed by atoms with Gasteiger partial charge in [-0.1, -0.05) is 96.2 Å². The lowest BCUT2D eigenvalue weighted by Crippen LogP contribution is -2.54. The van der Waals surface area contributed by atoms with Crippen LogP contribution in [0.1, 0.15) is 42.4 Å². The standard InChI is InChI=1S/C36H36Cl2FN3O4S/c1-25-11-18-31(19-12-25)47(45,46)42(33-22-28(37)15-20-32(33)38)24-35(43)41(23-27-13-16-29(39)17-14-27)34(21-26-7-3-2-4-8-26)36(44)40-30-9-5-6-10-30/h2-4,7-8,11-20,22,30,34H,5-6,9-10,21,23-24H2,1H3,(H,40,44). The first-order valence-electron chi connectivity index (χ1n) is 15.4. The highest BCUT2D eigenvalue weighted by Crippen LogP contribution is 2.33. The van der Waals surface area contributed by atoms with Crippen LogP contribution in [0.25, 0.3) is 0 Å². The van der Waals surface area contributed by atoms with Gasteiger partial charge >= 0.3 is 0 Å². The third-order valence-electron chi connectivity index (χ3n) is 8.30. The fraction of sp³-hybridized carbons (Fsp3) is 0.278. The van der Waals surface area contributed by atoms with Gasteiger partial charge < -0.3 is 10.2 Å². The number of hydrogen-bond acceptors (Lipinski definition) is 4. The summed E-state index contributed by atoms with van der Waals surface area (Å²) in [4.78, 5) is 30.0. The molecular weight excluding hydrogens is 660 g/mol. The Balaban J connectivity index is 1.58. The second-order valence-corrected chi connectivity index (χ2v) is 14.5. The van der Waals surface area contributed by atoms with Crippen molar-refractivity contribution in [3.05, 3.63) is 130 Å². The third kappa shape index (κ3) is 8.71. The minimum Gasteiger partial charge on any atom is -0.352 e. The summed E-state index contributed by atoms with van der Waals surface area (Å²) >= 11 is 12.8. The first-order chi connectivity index (χ1) is 22.5. The predicted octanol–water partition coefficient (Wildman–Crippen LogP) is 7.34. The third-order valence-corrected chi connectivity index (χ3v) is 10.6. The van der Waals surface area contributed by atoms with Crippen molar-refractivity contribution in [2.75, 3.05) is 10.8 Å². The summed E-state index contributed by atoms with van der Waals surface area (Å²) in [7, 11) is -4.35. The van der Waals surface area contributed by atoms with Crippen LogP contribution in [0.15, 0.2) is 102 Å². The van der Waals surface area contributed by atoms with Gasteiger partial charge in [0.05, 0.1) is 15.6 Å². The molecule has 1 atom stereocenters. The fourth-order valence-corrected chi connectivity index (χ4v) is 7.60. The molecule has 5 rings (SSSR count). The van der Waals surface area contributed by atoms with Crippen LogP contribution < -0.4 is 9.62 Å². The van der Waals surface area contributed by atoms with Crippen LogP contribution in [0.5, 0.6) is 0 Å². The van der Waals surface area contributed by atoms with Crippen LogP contribution in [-0.2, 0) is 32.6 Å².